The van der Waals surface area contributed by atoms with Crippen molar-refractivity contribution < 1.29 is 0 Å². The van der Waals surface area contributed by atoms with E-state index in [0.717, 1.165) is 47.1 Å². The molecule has 6 rings (SSSR count). The van der Waals surface area contributed by atoms with E-state index in [0.29, 0.717) is 17.9 Å². The van der Waals surface area contributed by atoms with E-state index < -0.39 is 0 Å². The van der Waals surface area contributed by atoms with E-state index in [-0.39, 0.29) is 11.6 Å². The first-order chi connectivity index (χ1) is 17.6. The predicted octanol–water partition coefficient (Wildman–Crippen LogP) is 4.33. The van der Waals surface area contributed by atoms with Gasteiger partial charge in [0.05, 0.1) is 12.1 Å². The first-order valence-electron chi connectivity index (χ1n) is 12.3. The van der Waals surface area contributed by atoms with Gasteiger partial charge in [-0.1, -0.05) is 66.7 Å². The third-order valence-electron chi connectivity index (χ3n) is 7.38. The van der Waals surface area contributed by atoms with Crippen LogP contribution in [0.1, 0.15) is 45.2 Å². The second-order valence-corrected chi connectivity index (χ2v) is 9.60. The molecule has 36 heavy (non-hydrogen) atoms. The van der Waals surface area contributed by atoms with Crippen LogP contribution >= 0.6 is 0 Å². The van der Waals surface area contributed by atoms with Gasteiger partial charge in [0.15, 0.2) is 5.82 Å². The van der Waals surface area contributed by atoms with Crippen molar-refractivity contribution in [1.82, 2.24) is 30.1 Å². The Balaban J connectivity index is 1.49. The Hall–Kier alpha value is -4.10. The number of nitrogens with zero attached hydrogens (tertiary/aromatic N) is 5. The number of hydrogen-bond donors (Lipinski definition) is 1. The Morgan fingerprint density at radius 3 is 2.58 bits per heavy atom. The Kier molecular flexibility index (Phi) is 5.70. The molecule has 180 valence electrons. The molecule has 1 aliphatic rings. The molecule has 1 N–H and O–H groups in total. The second-order valence-electron chi connectivity index (χ2n) is 9.60. The highest BCUT2D eigenvalue weighted by atomic mass is 16.1. The lowest BCUT2D eigenvalue weighted by molar-refractivity contribution is 0.194. The maximum absolute atomic E-state index is 13.6. The smallest absolute Gasteiger partial charge is 0.253 e. The summed E-state index contributed by atoms with van der Waals surface area (Å²) in [6, 6.07) is 24.5. The summed E-state index contributed by atoms with van der Waals surface area (Å²) in [5.74, 6) is 0.673. The molecule has 0 fully saturated rings. The van der Waals surface area contributed by atoms with Crippen LogP contribution < -0.4 is 5.56 Å². The van der Waals surface area contributed by atoms with Crippen LogP contribution in [-0.4, -0.2) is 36.6 Å². The van der Waals surface area contributed by atoms with Crippen LogP contribution in [0.2, 0.25) is 0 Å². The first-order valence-corrected chi connectivity index (χ1v) is 12.3. The molecule has 7 heteroatoms. The molecule has 0 bridgehead atoms. The van der Waals surface area contributed by atoms with Crippen LogP contribution in [0.15, 0.2) is 77.6 Å². The van der Waals surface area contributed by atoms with Crippen molar-refractivity contribution in [1.29, 1.82) is 0 Å². The highest BCUT2D eigenvalue weighted by Crippen LogP contribution is 2.32. The fourth-order valence-electron chi connectivity index (χ4n) is 5.26. The van der Waals surface area contributed by atoms with Gasteiger partial charge in [0.1, 0.15) is 6.04 Å². The van der Waals surface area contributed by atoms with E-state index in [9.17, 15) is 4.79 Å². The number of rotatable bonds is 5. The van der Waals surface area contributed by atoms with Gasteiger partial charge < -0.3 is 4.98 Å². The fraction of sp³-hybridized carbons (Fsp3) is 0.241. The highest BCUT2D eigenvalue weighted by Gasteiger charge is 2.32. The fourth-order valence-corrected chi connectivity index (χ4v) is 5.26. The molecule has 1 atom stereocenters. The average molecular weight is 477 g/mol. The minimum atomic E-state index is -0.383. The molecule has 2 aromatic heterocycles. The monoisotopic (exact) mass is 476 g/mol. The number of hydrogen-bond acceptors (Lipinski definition) is 5. The SMILES string of the molecule is Cc1ccc2cc([C@@H](c3nnnn3Cc3ccccc3)N3CCc4ccccc4C3)c(=O)[nH]c2c1C. The van der Waals surface area contributed by atoms with E-state index in [4.69, 9.17) is 0 Å². The summed E-state index contributed by atoms with van der Waals surface area (Å²) in [7, 11) is 0. The number of nitrogens with one attached hydrogen (secondary N) is 1. The molecule has 5 aromatic rings. The summed E-state index contributed by atoms with van der Waals surface area (Å²) in [6.45, 7) is 6.18. The Labute approximate surface area is 209 Å². The molecule has 0 unspecified atom stereocenters. The molecular weight excluding hydrogens is 448 g/mol. The lowest BCUT2D eigenvalue weighted by atomic mass is 9.95. The quantitative estimate of drug-likeness (QED) is 0.409. The van der Waals surface area contributed by atoms with Crippen molar-refractivity contribution in [3.63, 3.8) is 0 Å². The third-order valence-corrected chi connectivity index (χ3v) is 7.38. The number of tetrazole rings is 1. The Bertz CT molecular complexity index is 1600. The predicted molar refractivity (Wildman–Crippen MR) is 140 cm³/mol. The van der Waals surface area contributed by atoms with Crippen LogP contribution in [0, 0.1) is 13.8 Å². The average Bonchev–Trinajstić information content (AvgIpc) is 3.35. The van der Waals surface area contributed by atoms with Gasteiger partial charge in [-0.3, -0.25) is 9.69 Å². The summed E-state index contributed by atoms with van der Waals surface area (Å²) in [5.41, 5.74) is 7.43. The summed E-state index contributed by atoms with van der Waals surface area (Å²) >= 11 is 0. The lowest BCUT2D eigenvalue weighted by Gasteiger charge is -2.34. The normalized spacial score (nSPS) is 14.6. The molecule has 0 saturated carbocycles. The molecule has 0 radical (unpaired) electrons. The van der Waals surface area contributed by atoms with Crippen molar-refractivity contribution in [3.05, 3.63) is 122 Å². The minimum absolute atomic E-state index is 0.102. The number of fused-ring (bicyclic) bond motifs is 2. The summed E-state index contributed by atoms with van der Waals surface area (Å²) in [5, 5.41) is 13.9. The number of benzene rings is 3. The third kappa shape index (κ3) is 4.01. The second kappa shape index (κ2) is 9.17. The van der Waals surface area contributed by atoms with Crippen molar-refractivity contribution in [2.24, 2.45) is 0 Å². The summed E-state index contributed by atoms with van der Waals surface area (Å²) < 4.78 is 1.82. The van der Waals surface area contributed by atoms with Gasteiger partial charge in [0.25, 0.3) is 5.56 Å². The maximum Gasteiger partial charge on any atom is 0.253 e. The van der Waals surface area contributed by atoms with Gasteiger partial charge in [-0.05, 0) is 70.0 Å². The number of H-pyrrole nitrogens is 1. The van der Waals surface area contributed by atoms with Crippen molar-refractivity contribution >= 4 is 10.9 Å². The van der Waals surface area contributed by atoms with E-state index in [2.05, 4.69) is 80.9 Å². The zero-order chi connectivity index (χ0) is 24.6. The molecular formula is C29H28N6O. The zero-order valence-electron chi connectivity index (χ0n) is 20.5. The van der Waals surface area contributed by atoms with E-state index in [1.165, 1.54) is 11.1 Å². The minimum Gasteiger partial charge on any atom is -0.321 e. The van der Waals surface area contributed by atoms with Crippen LogP contribution in [0.25, 0.3) is 10.9 Å². The van der Waals surface area contributed by atoms with Gasteiger partial charge in [-0.15, -0.1) is 5.10 Å². The van der Waals surface area contributed by atoms with Crippen LogP contribution in [0.3, 0.4) is 0 Å². The molecule has 1 aliphatic heterocycles. The van der Waals surface area contributed by atoms with Crippen molar-refractivity contribution in [3.8, 4) is 0 Å². The molecule has 0 aliphatic carbocycles. The largest absolute Gasteiger partial charge is 0.321 e. The lowest BCUT2D eigenvalue weighted by Crippen LogP contribution is -2.38. The van der Waals surface area contributed by atoms with Gasteiger partial charge in [0.2, 0.25) is 0 Å². The summed E-state index contributed by atoms with van der Waals surface area (Å²) in [6.07, 6.45) is 0.913. The van der Waals surface area contributed by atoms with Gasteiger partial charge >= 0.3 is 0 Å². The molecule has 3 heterocycles. The molecule has 0 saturated heterocycles. The number of aromatic amines is 1. The topological polar surface area (TPSA) is 79.7 Å². The first kappa shape index (κ1) is 22.4. The van der Waals surface area contributed by atoms with Crippen molar-refractivity contribution in [2.45, 2.75) is 39.4 Å². The Morgan fingerprint density at radius 2 is 1.75 bits per heavy atom. The molecule has 0 spiro atoms. The van der Waals surface area contributed by atoms with Crippen molar-refractivity contribution in [2.75, 3.05) is 6.54 Å². The van der Waals surface area contributed by atoms with E-state index in [1.807, 2.05) is 35.9 Å². The summed E-state index contributed by atoms with van der Waals surface area (Å²) in [4.78, 5) is 19.1. The van der Waals surface area contributed by atoms with E-state index in [1.54, 1.807) is 0 Å². The zero-order valence-corrected chi connectivity index (χ0v) is 20.5. The van der Waals surface area contributed by atoms with Gasteiger partial charge in [0, 0.05) is 18.7 Å². The van der Waals surface area contributed by atoms with Crippen LogP contribution in [0.5, 0.6) is 0 Å². The van der Waals surface area contributed by atoms with Gasteiger partial charge in [-0.2, -0.15) is 0 Å². The van der Waals surface area contributed by atoms with Crippen LogP contribution in [0.4, 0.5) is 0 Å². The highest BCUT2D eigenvalue weighted by molar-refractivity contribution is 5.83. The number of aryl methyl sites for hydroxylation is 2. The standard InChI is InChI=1S/C29H28N6O/c1-19-12-13-23-16-25(29(36)30-26(23)20(19)2)27(34-15-14-22-10-6-7-11-24(22)18-34)28-31-32-33-35(28)17-21-8-4-3-5-9-21/h3-13,16,27H,14-15,17-18H2,1-2H3,(H,30,36)/t27-/m0/s1. The maximum atomic E-state index is 13.6. The molecule has 0 amide bonds. The van der Waals surface area contributed by atoms with E-state index >= 15 is 0 Å². The van der Waals surface area contributed by atoms with Gasteiger partial charge in [-0.25, -0.2) is 4.68 Å². The molecule has 7 nitrogen and oxygen atoms in total. The number of pyridine rings is 1. The van der Waals surface area contributed by atoms with Crippen LogP contribution in [-0.2, 0) is 19.5 Å². The number of aromatic nitrogens is 5. The molecule has 3 aromatic carbocycles. The Morgan fingerprint density at radius 1 is 0.972 bits per heavy atom.